The predicted octanol–water partition coefficient (Wildman–Crippen LogP) is 2.27. The Labute approximate surface area is 87.0 Å². The van der Waals surface area contributed by atoms with E-state index in [1.54, 1.807) is 7.11 Å². The lowest BCUT2D eigenvalue weighted by Gasteiger charge is -2.26. The molecule has 0 aromatic carbocycles. The summed E-state index contributed by atoms with van der Waals surface area (Å²) in [6.45, 7) is 8.32. The summed E-state index contributed by atoms with van der Waals surface area (Å²) < 4.78 is 5.04. The first-order valence-corrected chi connectivity index (χ1v) is 5.33. The van der Waals surface area contributed by atoms with Crippen LogP contribution in [0.25, 0.3) is 0 Å². The normalized spacial score (nSPS) is 14.5. The molecule has 0 aromatic rings. The highest BCUT2D eigenvalue weighted by atomic mass is 35.5. The number of rotatable bonds is 7. The van der Waals surface area contributed by atoms with E-state index >= 15 is 0 Å². The second-order valence-corrected chi connectivity index (χ2v) is 4.72. The Morgan fingerprint density at radius 3 is 2.54 bits per heavy atom. The molecular formula is C10H22ClNO. The smallest absolute Gasteiger partial charge is 0.0613 e. The molecule has 0 spiro atoms. The van der Waals surface area contributed by atoms with Crippen molar-refractivity contribution in [1.82, 2.24) is 5.32 Å². The zero-order valence-electron chi connectivity index (χ0n) is 9.19. The zero-order chi connectivity index (χ0) is 10.3. The van der Waals surface area contributed by atoms with E-state index in [9.17, 15) is 0 Å². The third kappa shape index (κ3) is 7.29. The van der Waals surface area contributed by atoms with Crippen molar-refractivity contribution < 1.29 is 4.74 Å². The fourth-order valence-electron chi connectivity index (χ4n) is 1.10. The third-order valence-corrected chi connectivity index (χ3v) is 2.31. The first-order valence-electron chi connectivity index (χ1n) is 4.80. The molecule has 1 atom stereocenters. The summed E-state index contributed by atoms with van der Waals surface area (Å²) in [5, 5.41) is 3.42. The van der Waals surface area contributed by atoms with Crippen molar-refractivity contribution in [3.8, 4) is 0 Å². The van der Waals surface area contributed by atoms with Crippen molar-refractivity contribution in [3.63, 3.8) is 0 Å². The largest absolute Gasteiger partial charge is 0.383 e. The summed E-state index contributed by atoms with van der Waals surface area (Å²) >= 11 is 5.71. The Balaban J connectivity index is 3.60. The maximum Gasteiger partial charge on any atom is 0.0613 e. The van der Waals surface area contributed by atoms with Gasteiger partial charge in [-0.2, -0.15) is 0 Å². The van der Waals surface area contributed by atoms with Crippen LogP contribution in [0.3, 0.4) is 0 Å². The second kappa shape index (κ2) is 6.63. The van der Waals surface area contributed by atoms with E-state index in [0.717, 1.165) is 25.5 Å². The number of hydrogen-bond donors (Lipinski definition) is 1. The highest BCUT2D eigenvalue weighted by Crippen LogP contribution is 2.19. The Bertz CT molecular complexity index is 128. The maximum absolute atomic E-state index is 5.71. The molecule has 0 fully saturated rings. The van der Waals surface area contributed by atoms with Gasteiger partial charge in [0.05, 0.1) is 6.61 Å². The lowest BCUT2D eigenvalue weighted by Crippen LogP contribution is -2.37. The van der Waals surface area contributed by atoms with E-state index < -0.39 is 0 Å². The van der Waals surface area contributed by atoms with Crippen LogP contribution in [0.2, 0.25) is 0 Å². The van der Waals surface area contributed by atoms with Crippen LogP contribution in [-0.2, 0) is 4.74 Å². The van der Waals surface area contributed by atoms with Crippen molar-refractivity contribution in [1.29, 1.82) is 0 Å². The lowest BCUT2D eigenvalue weighted by molar-refractivity contribution is 0.164. The van der Waals surface area contributed by atoms with Crippen LogP contribution in [0.4, 0.5) is 0 Å². The summed E-state index contributed by atoms with van der Waals surface area (Å²) in [5.74, 6) is 0.730. The minimum absolute atomic E-state index is 0.281. The molecule has 0 heterocycles. The average Bonchev–Trinajstić information content (AvgIpc) is 2.02. The molecule has 0 aliphatic rings. The molecule has 0 rings (SSSR count). The van der Waals surface area contributed by atoms with Gasteiger partial charge in [-0.25, -0.2) is 0 Å². The van der Waals surface area contributed by atoms with Gasteiger partial charge < -0.3 is 10.1 Å². The summed E-state index contributed by atoms with van der Waals surface area (Å²) in [6, 6.07) is 0.416. The molecule has 0 saturated carbocycles. The van der Waals surface area contributed by atoms with Crippen LogP contribution in [0.1, 0.15) is 27.2 Å². The van der Waals surface area contributed by atoms with Crippen LogP contribution >= 0.6 is 11.6 Å². The summed E-state index contributed by atoms with van der Waals surface area (Å²) in [7, 11) is 1.72. The second-order valence-electron chi connectivity index (χ2n) is 4.34. The van der Waals surface area contributed by atoms with Gasteiger partial charge in [0.25, 0.3) is 0 Å². The Hall–Kier alpha value is 0.210. The van der Waals surface area contributed by atoms with Gasteiger partial charge in [0.1, 0.15) is 0 Å². The van der Waals surface area contributed by atoms with Gasteiger partial charge in [-0.05, 0) is 18.8 Å². The van der Waals surface area contributed by atoms with E-state index in [1.165, 1.54) is 0 Å². The molecule has 0 bridgehead atoms. The van der Waals surface area contributed by atoms with E-state index in [4.69, 9.17) is 16.3 Å². The van der Waals surface area contributed by atoms with E-state index in [2.05, 4.69) is 26.1 Å². The fraction of sp³-hybridized carbons (Fsp3) is 1.00. The molecule has 3 heteroatoms. The van der Waals surface area contributed by atoms with E-state index in [1.807, 2.05) is 0 Å². The average molecular weight is 208 g/mol. The third-order valence-electron chi connectivity index (χ3n) is 2.12. The quantitative estimate of drug-likeness (QED) is 0.647. The molecule has 1 N–H and O–H groups in total. The van der Waals surface area contributed by atoms with Gasteiger partial charge in [0.2, 0.25) is 0 Å². The first-order chi connectivity index (χ1) is 6.02. The molecule has 2 nitrogen and oxygen atoms in total. The van der Waals surface area contributed by atoms with Gasteiger partial charge in [0.15, 0.2) is 0 Å². The number of hydrogen-bond acceptors (Lipinski definition) is 2. The van der Waals surface area contributed by atoms with E-state index in [-0.39, 0.29) is 5.41 Å². The summed E-state index contributed by atoms with van der Waals surface area (Å²) in [5.41, 5.74) is 0.281. The van der Waals surface area contributed by atoms with Crippen LogP contribution in [-0.4, -0.2) is 32.2 Å². The zero-order valence-corrected chi connectivity index (χ0v) is 9.95. The number of halogens is 1. The molecule has 0 radical (unpaired) electrons. The predicted molar refractivity (Wildman–Crippen MR) is 58.5 cm³/mol. The van der Waals surface area contributed by atoms with Crippen LogP contribution in [0, 0.1) is 5.41 Å². The Morgan fingerprint density at radius 1 is 1.46 bits per heavy atom. The number of ether oxygens (including phenoxy) is 1. The summed E-state index contributed by atoms with van der Waals surface area (Å²) in [6.07, 6.45) is 1.04. The van der Waals surface area contributed by atoms with Gasteiger partial charge in [-0.15, -0.1) is 11.6 Å². The monoisotopic (exact) mass is 207 g/mol. The fourth-order valence-corrected chi connectivity index (χ4v) is 1.62. The van der Waals surface area contributed by atoms with Crippen molar-refractivity contribution in [2.24, 2.45) is 5.41 Å². The highest BCUT2D eigenvalue weighted by Gasteiger charge is 2.17. The topological polar surface area (TPSA) is 21.3 Å². The molecule has 80 valence electrons. The van der Waals surface area contributed by atoms with Gasteiger partial charge >= 0.3 is 0 Å². The molecule has 1 unspecified atom stereocenters. The van der Waals surface area contributed by atoms with Crippen LogP contribution < -0.4 is 5.32 Å². The van der Waals surface area contributed by atoms with Gasteiger partial charge in [-0.3, -0.25) is 0 Å². The van der Waals surface area contributed by atoms with E-state index in [0.29, 0.717) is 6.04 Å². The van der Waals surface area contributed by atoms with Gasteiger partial charge in [-0.1, -0.05) is 13.8 Å². The SMILES string of the molecule is COCC(C)NCC(C)(C)CCCl. The van der Waals surface area contributed by atoms with Gasteiger partial charge in [0, 0.05) is 25.6 Å². The molecule has 0 aromatic heterocycles. The summed E-state index contributed by atoms with van der Waals surface area (Å²) in [4.78, 5) is 0. The maximum atomic E-state index is 5.71. The van der Waals surface area contributed by atoms with Crippen molar-refractivity contribution in [2.45, 2.75) is 33.2 Å². The minimum atomic E-state index is 0.281. The Morgan fingerprint density at radius 2 is 2.08 bits per heavy atom. The number of alkyl halides is 1. The van der Waals surface area contributed by atoms with Crippen LogP contribution in [0.15, 0.2) is 0 Å². The molecular weight excluding hydrogens is 186 g/mol. The molecule has 0 aliphatic carbocycles. The first kappa shape index (κ1) is 13.2. The van der Waals surface area contributed by atoms with Crippen molar-refractivity contribution >= 4 is 11.6 Å². The Kier molecular flexibility index (Phi) is 6.74. The molecule has 0 amide bonds. The lowest BCUT2D eigenvalue weighted by atomic mass is 9.90. The number of nitrogens with one attached hydrogen (secondary N) is 1. The molecule has 13 heavy (non-hydrogen) atoms. The highest BCUT2D eigenvalue weighted by molar-refractivity contribution is 6.17. The number of methoxy groups -OCH3 is 1. The van der Waals surface area contributed by atoms with Crippen LogP contribution in [0.5, 0.6) is 0 Å². The molecule has 0 saturated heterocycles. The minimum Gasteiger partial charge on any atom is -0.383 e. The standard InChI is InChI=1S/C10H22ClNO/c1-9(7-13-4)12-8-10(2,3)5-6-11/h9,12H,5-8H2,1-4H3. The molecule has 0 aliphatic heterocycles. The van der Waals surface area contributed by atoms with Crippen molar-refractivity contribution in [3.05, 3.63) is 0 Å². The van der Waals surface area contributed by atoms with Crippen molar-refractivity contribution in [2.75, 3.05) is 26.1 Å².